The molecule has 1 aliphatic rings. The second-order valence-corrected chi connectivity index (χ2v) is 8.02. The van der Waals surface area contributed by atoms with Gasteiger partial charge < -0.3 is 4.90 Å². The van der Waals surface area contributed by atoms with E-state index in [0.717, 1.165) is 23.4 Å². The van der Waals surface area contributed by atoms with E-state index in [2.05, 4.69) is 37.9 Å². The second kappa shape index (κ2) is 6.36. The zero-order valence-electron chi connectivity index (χ0n) is 13.8. The number of pyridine rings is 1. The molecule has 0 bridgehead atoms. The van der Waals surface area contributed by atoms with Crippen LogP contribution in [-0.4, -0.2) is 28.1 Å². The van der Waals surface area contributed by atoms with E-state index in [1.807, 2.05) is 40.9 Å². The van der Waals surface area contributed by atoms with Crippen LogP contribution in [0.1, 0.15) is 47.6 Å². The molecule has 3 nitrogen and oxygen atoms in total. The highest BCUT2D eigenvalue weighted by molar-refractivity contribution is 7.99. The molecule has 120 valence electrons. The standard InChI is InChI=1S/C19H22N2OS/c1-19(2,3)16-6-4-14(5-7-16)17(22)21-12-13-23-18(21)15-8-10-20-11-9-15/h4-11,18H,12-13H2,1-3H3/t18-/m1/s1. The van der Waals surface area contributed by atoms with E-state index in [-0.39, 0.29) is 16.7 Å². The Kier molecular flexibility index (Phi) is 4.44. The van der Waals surface area contributed by atoms with Crippen molar-refractivity contribution in [2.75, 3.05) is 12.3 Å². The first kappa shape index (κ1) is 16.1. The van der Waals surface area contributed by atoms with Crippen LogP contribution in [0.2, 0.25) is 0 Å². The summed E-state index contributed by atoms with van der Waals surface area (Å²) < 4.78 is 0. The molecular formula is C19H22N2OS. The molecule has 0 radical (unpaired) electrons. The fraction of sp³-hybridized carbons (Fsp3) is 0.368. The Hall–Kier alpha value is -1.81. The molecule has 23 heavy (non-hydrogen) atoms. The summed E-state index contributed by atoms with van der Waals surface area (Å²) in [4.78, 5) is 18.9. The fourth-order valence-corrected chi connectivity index (χ4v) is 4.02. The molecule has 1 amide bonds. The molecule has 0 spiro atoms. The summed E-state index contributed by atoms with van der Waals surface area (Å²) in [6, 6.07) is 12.0. The Bertz CT molecular complexity index is 677. The minimum absolute atomic E-state index is 0.0905. The zero-order valence-corrected chi connectivity index (χ0v) is 14.6. The lowest BCUT2D eigenvalue weighted by molar-refractivity contribution is 0.0760. The van der Waals surface area contributed by atoms with Crippen molar-refractivity contribution in [3.8, 4) is 0 Å². The number of hydrogen-bond donors (Lipinski definition) is 0. The van der Waals surface area contributed by atoms with Gasteiger partial charge in [0.15, 0.2) is 0 Å². The van der Waals surface area contributed by atoms with E-state index in [1.54, 1.807) is 12.4 Å². The molecular weight excluding hydrogens is 304 g/mol. The summed E-state index contributed by atoms with van der Waals surface area (Å²) in [5.41, 5.74) is 3.25. The van der Waals surface area contributed by atoms with Gasteiger partial charge in [-0.3, -0.25) is 9.78 Å². The number of rotatable bonds is 2. The molecule has 1 saturated heterocycles. The maximum Gasteiger partial charge on any atom is 0.255 e. The third kappa shape index (κ3) is 3.42. The Morgan fingerprint density at radius 1 is 1.13 bits per heavy atom. The van der Waals surface area contributed by atoms with Gasteiger partial charge in [-0.05, 0) is 40.8 Å². The van der Waals surface area contributed by atoms with E-state index < -0.39 is 0 Å². The van der Waals surface area contributed by atoms with Gasteiger partial charge in [-0.1, -0.05) is 32.9 Å². The maximum absolute atomic E-state index is 12.9. The van der Waals surface area contributed by atoms with Gasteiger partial charge in [-0.25, -0.2) is 0 Å². The Balaban J connectivity index is 1.82. The average molecular weight is 326 g/mol. The van der Waals surface area contributed by atoms with E-state index >= 15 is 0 Å². The number of nitrogens with zero attached hydrogens (tertiary/aromatic N) is 2. The quantitative estimate of drug-likeness (QED) is 0.826. The van der Waals surface area contributed by atoms with Gasteiger partial charge in [0.25, 0.3) is 5.91 Å². The predicted molar refractivity (Wildman–Crippen MR) is 95.6 cm³/mol. The molecule has 2 heterocycles. The normalized spacial score (nSPS) is 18.2. The molecule has 4 heteroatoms. The average Bonchev–Trinajstić information content (AvgIpc) is 3.04. The van der Waals surface area contributed by atoms with Crippen LogP contribution in [0, 0.1) is 0 Å². The minimum Gasteiger partial charge on any atom is -0.322 e. The molecule has 0 saturated carbocycles. The van der Waals surface area contributed by atoms with Gasteiger partial charge in [0.1, 0.15) is 5.37 Å². The lowest BCUT2D eigenvalue weighted by Gasteiger charge is -2.25. The molecule has 0 N–H and O–H groups in total. The van der Waals surface area contributed by atoms with E-state index in [0.29, 0.717) is 0 Å². The highest BCUT2D eigenvalue weighted by Gasteiger charge is 2.31. The van der Waals surface area contributed by atoms with Gasteiger partial charge >= 0.3 is 0 Å². The number of amides is 1. The second-order valence-electron chi connectivity index (χ2n) is 6.83. The Morgan fingerprint density at radius 2 is 1.78 bits per heavy atom. The van der Waals surface area contributed by atoms with Gasteiger partial charge in [-0.15, -0.1) is 11.8 Å². The summed E-state index contributed by atoms with van der Waals surface area (Å²) >= 11 is 1.81. The van der Waals surface area contributed by atoms with Crippen molar-refractivity contribution in [3.63, 3.8) is 0 Å². The number of hydrogen-bond acceptors (Lipinski definition) is 3. The van der Waals surface area contributed by atoms with Crippen LogP contribution in [0.4, 0.5) is 0 Å². The largest absolute Gasteiger partial charge is 0.322 e. The monoisotopic (exact) mass is 326 g/mol. The van der Waals surface area contributed by atoms with Crippen molar-refractivity contribution in [1.29, 1.82) is 0 Å². The number of benzene rings is 1. The van der Waals surface area contributed by atoms with E-state index in [1.165, 1.54) is 5.56 Å². The van der Waals surface area contributed by atoms with Crippen LogP contribution < -0.4 is 0 Å². The molecule has 1 fully saturated rings. The maximum atomic E-state index is 12.9. The third-order valence-corrected chi connectivity index (χ3v) is 5.40. The molecule has 1 aromatic heterocycles. The summed E-state index contributed by atoms with van der Waals surface area (Å²) in [5, 5.41) is 0.0905. The first-order chi connectivity index (χ1) is 11.0. The van der Waals surface area contributed by atoms with Crippen molar-refractivity contribution in [1.82, 2.24) is 9.88 Å². The summed E-state index contributed by atoms with van der Waals surface area (Å²) in [5.74, 6) is 1.08. The van der Waals surface area contributed by atoms with Gasteiger partial charge in [0.2, 0.25) is 0 Å². The van der Waals surface area contributed by atoms with Gasteiger partial charge in [0.05, 0.1) is 0 Å². The minimum atomic E-state index is 0.0905. The van der Waals surface area contributed by atoms with Crippen LogP contribution in [0.25, 0.3) is 0 Å². The van der Waals surface area contributed by atoms with Crippen molar-refractivity contribution < 1.29 is 4.79 Å². The van der Waals surface area contributed by atoms with E-state index in [4.69, 9.17) is 0 Å². The SMILES string of the molecule is CC(C)(C)c1ccc(C(=O)N2CCS[C@@H]2c2ccncc2)cc1. The van der Waals surface area contributed by atoms with Crippen LogP contribution in [0.5, 0.6) is 0 Å². The molecule has 3 rings (SSSR count). The van der Waals surface area contributed by atoms with Gasteiger partial charge in [0, 0.05) is 30.3 Å². The van der Waals surface area contributed by atoms with Crippen LogP contribution >= 0.6 is 11.8 Å². The number of thioether (sulfide) groups is 1. The van der Waals surface area contributed by atoms with Gasteiger partial charge in [-0.2, -0.15) is 0 Å². The molecule has 0 unspecified atom stereocenters. The van der Waals surface area contributed by atoms with Crippen molar-refractivity contribution in [2.24, 2.45) is 0 Å². The first-order valence-electron chi connectivity index (χ1n) is 7.90. The number of carbonyl (C=O) groups is 1. The Morgan fingerprint density at radius 3 is 2.39 bits per heavy atom. The third-order valence-electron chi connectivity index (χ3n) is 4.14. The van der Waals surface area contributed by atoms with Crippen LogP contribution in [0.15, 0.2) is 48.8 Å². The summed E-state index contributed by atoms with van der Waals surface area (Å²) in [7, 11) is 0. The summed E-state index contributed by atoms with van der Waals surface area (Å²) in [6.45, 7) is 7.33. The molecule has 1 aliphatic heterocycles. The first-order valence-corrected chi connectivity index (χ1v) is 8.95. The lowest BCUT2D eigenvalue weighted by Crippen LogP contribution is -2.30. The number of aromatic nitrogens is 1. The highest BCUT2D eigenvalue weighted by atomic mass is 32.2. The molecule has 1 aromatic carbocycles. The smallest absolute Gasteiger partial charge is 0.255 e. The predicted octanol–water partition coefficient (Wildman–Crippen LogP) is 4.27. The summed E-state index contributed by atoms with van der Waals surface area (Å²) in [6.07, 6.45) is 3.57. The number of carbonyl (C=O) groups excluding carboxylic acids is 1. The van der Waals surface area contributed by atoms with Crippen molar-refractivity contribution >= 4 is 17.7 Å². The zero-order chi connectivity index (χ0) is 16.4. The van der Waals surface area contributed by atoms with Crippen LogP contribution in [-0.2, 0) is 5.41 Å². The highest BCUT2D eigenvalue weighted by Crippen LogP contribution is 2.38. The van der Waals surface area contributed by atoms with Crippen molar-refractivity contribution in [3.05, 3.63) is 65.5 Å². The van der Waals surface area contributed by atoms with Crippen molar-refractivity contribution in [2.45, 2.75) is 31.6 Å². The Labute approximate surface area is 142 Å². The molecule has 1 atom stereocenters. The molecule has 2 aromatic rings. The fourth-order valence-electron chi connectivity index (χ4n) is 2.76. The lowest BCUT2D eigenvalue weighted by atomic mass is 9.86. The molecule has 0 aliphatic carbocycles. The topological polar surface area (TPSA) is 33.2 Å². The van der Waals surface area contributed by atoms with Crippen LogP contribution in [0.3, 0.4) is 0 Å². The van der Waals surface area contributed by atoms with E-state index in [9.17, 15) is 4.79 Å².